The van der Waals surface area contributed by atoms with Crippen LogP contribution in [0.5, 0.6) is 0 Å². The van der Waals surface area contributed by atoms with Crippen LogP contribution in [0.1, 0.15) is 19.3 Å². The van der Waals surface area contributed by atoms with Gasteiger partial charge in [0.2, 0.25) is 10.0 Å². The van der Waals surface area contributed by atoms with Crippen LogP contribution in [-0.2, 0) is 14.8 Å². The van der Waals surface area contributed by atoms with Gasteiger partial charge in [-0.3, -0.25) is 4.90 Å². The fourth-order valence-corrected chi connectivity index (χ4v) is 4.88. The van der Waals surface area contributed by atoms with Gasteiger partial charge in [-0.2, -0.15) is 4.31 Å². The minimum Gasteiger partial charge on any atom is -0.377 e. The van der Waals surface area contributed by atoms with E-state index in [2.05, 4.69) is 4.90 Å². The van der Waals surface area contributed by atoms with Gasteiger partial charge in [-0.25, -0.2) is 17.2 Å². The second kappa shape index (κ2) is 7.43. The highest BCUT2D eigenvalue weighted by molar-refractivity contribution is 7.89. The van der Waals surface area contributed by atoms with E-state index in [0.29, 0.717) is 13.0 Å². The van der Waals surface area contributed by atoms with Crippen LogP contribution < -0.4 is 0 Å². The lowest BCUT2D eigenvalue weighted by Gasteiger charge is -2.24. The molecule has 0 bridgehead atoms. The van der Waals surface area contributed by atoms with Crippen LogP contribution in [0.3, 0.4) is 0 Å². The molecule has 2 aliphatic rings. The van der Waals surface area contributed by atoms with Crippen molar-refractivity contribution in [3.8, 4) is 0 Å². The van der Waals surface area contributed by atoms with Gasteiger partial charge in [0, 0.05) is 32.8 Å². The number of hydrogen-bond acceptors (Lipinski definition) is 4. The molecule has 0 aliphatic carbocycles. The molecule has 24 heavy (non-hydrogen) atoms. The molecule has 0 N–H and O–H groups in total. The summed E-state index contributed by atoms with van der Waals surface area (Å²) in [6, 6.07) is 3.10. The number of hydrogen-bond donors (Lipinski definition) is 0. The average molecular weight is 360 g/mol. The third kappa shape index (κ3) is 3.77. The normalized spacial score (nSPS) is 24.2. The second-order valence-corrected chi connectivity index (χ2v) is 8.12. The fourth-order valence-electron chi connectivity index (χ4n) is 3.30. The van der Waals surface area contributed by atoms with E-state index in [1.165, 1.54) is 4.31 Å². The third-order valence-corrected chi connectivity index (χ3v) is 6.50. The van der Waals surface area contributed by atoms with Gasteiger partial charge in [0.25, 0.3) is 0 Å². The predicted octanol–water partition coefficient (Wildman–Crippen LogP) is 1.84. The molecule has 0 radical (unpaired) electrons. The second-order valence-electron chi connectivity index (χ2n) is 6.24. The van der Waals surface area contributed by atoms with Crippen molar-refractivity contribution in [3.05, 3.63) is 29.8 Å². The van der Waals surface area contributed by atoms with Crippen LogP contribution in [-0.4, -0.2) is 63.1 Å². The smallest absolute Gasteiger partial charge is 0.248 e. The Labute approximate surface area is 141 Å². The minimum atomic E-state index is -4.17. The third-order valence-electron chi connectivity index (χ3n) is 4.55. The van der Waals surface area contributed by atoms with E-state index in [4.69, 9.17) is 4.74 Å². The Morgan fingerprint density at radius 3 is 2.50 bits per heavy atom. The lowest BCUT2D eigenvalue weighted by Crippen LogP contribution is -2.38. The van der Waals surface area contributed by atoms with Crippen LogP contribution in [0.15, 0.2) is 23.1 Å². The molecule has 1 atom stereocenters. The van der Waals surface area contributed by atoms with E-state index < -0.39 is 26.6 Å². The number of ether oxygens (including phenoxy) is 1. The summed E-state index contributed by atoms with van der Waals surface area (Å²) in [6.07, 6.45) is 2.92. The van der Waals surface area contributed by atoms with Gasteiger partial charge in [0.1, 0.15) is 11.6 Å². The summed E-state index contributed by atoms with van der Waals surface area (Å²) >= 11 is 0. The van der Waals surface area contributed by atoms with Crippen molar-refractivity contribution in [3.63, 3.8) is 0 Å². The molecule has 0 aromatic heterocycles. The average Bonchev–Trinajstić information content (AvgIpc) is 2.90. The number of benzene rings is 1. The molecular formula is C16H22F2N2O3S. The molecule has 5 nitrogen and oxygen atoms in total. The zero-order valence-electron chi connectivity index (χ0n) is 13.5. The van der Waals surface area contributed by atoms with Crippen LogP contribution in [0, 0.1) is 11.6 Å². The summed E-state index contributed by atoms with van der Waals surface area (Å²) in [4.78, 5) is 1.32. The SMILES string of the molecule is O=S(=O)(c1c(F)cccc1F)N1CCCN(C[C@H]2CCCO2)CC1. The van der Waals surface area contributed by atoms with Gasteiger partial charge in [-0.05, 0) is 37.9 Å². The Bertz CT molecular complexity index is 658. The van der Waals surface area contributed by atoms with E-state index in [1.807, 2.05) is 0 Å². The molecule has 2 fully saturated rings. The Morgan fingerprint density at radius 1 is 1.08 bits per heavy atom. The Morgan fingerprint density at radius 2 is 1.83 bits per heavy atom. The van der Waals surface area contributed by atoms with Gasteiger partial charge in [0.15, 0.2) is 4.90 Å². The first-order valence-electron chi connectivity index (χ1n) is 8.26. The number of rotatable bonds is 4. The Balaban J connectivity index is 1.70. The highest BCUT2D eigenvalue weighted by Gasteiger charge is 2.32. The minimum absolute atomic E-state index is 0.206. The molecule has 2 heterocycles. The van der Waals surface area contributed by atoms with Crippen molar-refractivity contribution >= 4 is 10.0 Å². The number of sulfonamides is 1. The van der Waals surface area contributed by atoms with Gasteiger partial charge in [-0.1, -0.05) is 6.07 Å². The van der Waals surface area contributed by atoms with Crippen molar-refractivity contribution in [2.45, 2.75) is 30.3 Å². The lowest BCUT2D eigenvalue weighted by atomic mass is 10.2. The van der Waals surface area contributed by atoms with E-state index >= 15 is 0 Å². The molecule has 2 aliphatic heterocycles. The van der Waals surface area contributed by atoms with Gasteiger partial charge < -0.3 is 4.74 Å². The molecule has 0 saturated carbocycles. The Kier molecular flexibility index (Phi) is 5.49. The van der Waals surface area contributed by atoms with Crippen molar-refractivity contribution in [1.29, 1.82) is 0 Å². The molecule has 1 aromatic carbocycles. The van der Waals surface area contributed by atoms with Gasteiger partial charge >= 0.3 is 0 Å². The van der Waals surface area contributed by atoms with Crippen molar-refractivity contribution < 1.29 is 21.9 Å². The maximum Gasteiger partial charge on any atom is 0.248 e. The molecule has 1 aromatic rings. The molecule has 2 saturated heterocycles. The largest absolute Gasteiger partial charge is 0.377 e. The van der Waals surface area contributed by atoms with Crippen molar-refractivity contribution in [1.82, 2.24) is 9.21 Å². The maximum atomic E-state index is 13.9. The highest BCUT2D eigenvalue weighted by Crippen LogP contribution is 2.24. The molecule has 0 spiro atoms. The van der Waals surface area contributed by atoms with E-state index in [0.717, 1.165) is 50.7 Å². The molecular weight excluding hydrogens is 338 g/mol. The summed E-state index contributed by atoms with van der Waals surface area (Å²) in [5.74, 6) is -2.09. The summed E-state index contributed by atoms with van der Waals surface area (Å²) in [5, 5.41) is 0. The van der Waals surface area contributed by atoms with Crippen molar-refractivity contribution in [2.75, 3.05) is 39.3 Å². The summed E-state index contributed by atoms with van der Waals surface area (Å²) in [6.45, 7) is 3.34. The quantitative estimate of drug-likeness (QED) is 0.822. The van der Waals surface area contributed by atoms with E-state index in [9.17, 15) is 17.2 Å². The van der Waals surface area contributed by atoms with Crippen LogP contribution in [0.25, 0.3) is 0 Å². The monoisotopic (exact) mass is 360 g/mol. The van der Waals surface area contributed by atoms with Crippen LogP contribution in [0.4, 0.5) is 8.78 Å². The molecule has 8 heteroatoms. The zero-order valence-corrected chi connectivity index (χ0v) is 14.3. The molecule has 0 amide bonds. The fraction of sp³-hybridized carbons (Fsp3) is 0.625. The topological polar surface area (TPSA) is 49.9 Å². The zero-order chi connectivity index (χ0) is 17.2. The predicted molar refractivity (Wildman–Crippen MR) is 85.1 cm³/mol. The highest BCUT2D eigenvalue weighted by atomic mass is 32.2. The first-order valence-corrected chi connectivity index (χ1v) is 9.70. The van der Waals surface area contributed by atoms with Crippen LogP contribution >= 0.6 is 0 Å². The van der Waals surface area contributed by atoms with Crippen LogP contribution in [0.2, 0.25) is 0 Å². The lowest BCUT2D eigenvalue weighted by molar-refractivity contribution is 0.0749. The first-order chi connectivity index (χ1) is 11.5. The van der Waals surface area contributed by atoms with E-state index in [1.54, 1.807) is 0 Å². The Hall–Kier alpha value is -1.09. The van der Waals surface area contributed by atoms with E-state index in [-0.39, 0.29) is 19.2 Å². The standard InChI is InChI=1S/C16H22F2N2O3S/c17-14-5-1-6-15(18)16(14)24(21,22)20-8-3-7-19(9-10-20)12-13-4-2-11-23-13/h1,5-6,13H,2-4,7-12H2/t13-/m1/s1. The summed E-state index contributed by atoms with van der Waals surface area (Å²) in [5.41, 5.74) is 0. The summed E-state index contributed by atoms with van der Waals surface area (Å²) in [7, 11) is -4.17. The van der Waals surface area contributed by atoms with Crippen molar-refractivity contribution in [2.24, 2.45) is 0 Å². The molecule has 0 unspecified atom stereocenters. The van der Waals surface area contributed by atoms with Gasteiger partial charge in [-0.15, -0.1) is 0 Å². The molecule has 3 rings (SSSR count). The first kappa shape index (κ1) is 17.7. The summed E-state index contributed by atoms with van der Waals surface area (Å²) < 4.78 is 59.8. The van der Waals surface area contributed by atoms with Gasteiger partial charge in [0.05, 0.1) is 6.10 Å². The number of halogens is 2. The number of nitrogens with zero attached hydrogens (tertiary/aromatic N) is 2. The maximum absolute atomic E-state index is 13.9. The molecule has 134 valence electrons.